The topological polar surface area (TPSA) is 204 Å². The highest BCUT2D eigenvalue weighted by Crippen LogP contribution is 2.40. The number of aliphatic hydroxyl groups excluding tert-OH is 1. The Labute approximate surface area is 518 Å². The lowest BCUT2D eigenvalue weighted by Crippen LogP contribution is -2.51. The monoisotopic (exact) mass is 1190 g/mol. The zero-order chi connectivity index (χ0) is 64.7. The van der Waals surface area contributed by atoms with Gasteiger partial charge in [0.25, 0.3) is 11.8 Å². The molecule has 2 aromatic carbocycles. The molecule has 85 heavy (non-hydrogen) atoms. The molecular weight excluding hydrogens is 1060 g/mol. The summed E-state index contributed by atoms with van der Waals surface area (Å²) in [6, 6.07) is 12.9. The summed E-state index contributed by atoms with van der Waals surface area (Å²) in [6.45, 7) is 37.4. The molecule has 3 heterocycles. The molecule has 5 aliphatic rings. The minimum absolute atomic E-state index is 0.000133. The van der Waals surface area contributed by atoms with Crippen LogP contribution in [-0.2, 0) is 30.3 Å². The number of likely N-dealkylation sites (N-methyl/N-ethyl adjacent to an activating group) is 1. The third kappa shape index (κ3) is 30.0. The van der Waals surface area contributed by atoms with Crippen LogP contribution < -0.4 is 11.5 Å². The number of benzene rings is 2. The van der Waals surface area contributed by atoms with Crippen molar-refractivity contribution in [3.8, 4) is 0 Å². The Kier molecular flexibility index (Phi) is 41.8. The summed E-state index contributed by atoms with van der Waals surface area (Å²) in [5.41, 5.74) is 23.6. The largest absolute Gasteiger partial charge is 0.394 e. The van der Waals surface area contributed by atoms with Crippen LogP contribution >= 0.6 is 0 Å². The number of aliphatic hydroxyl groups is 2. The summed E-state index contributed by atoms with van der Waals surface area (Å²) in [5.74, 6) is -0.336. The zero-order valence-electron chi connectivity index (χ0n) is 57.2. The van der Waals surface area contributed by atoms with Crippen LogP contribution in [0.2, 0.25) is 0 Å². The average Bonchev–Trinajstić information content (AvgIpc) is 3.35. The first-order valence-corrected chi connectivity index (χ1v) is 32.6. The average molecular weight is 1190 g/mol. The van der Waals surface area contributed by atoms with Gasteiger partial charge >= 0.3 is 0 Å². The van der Waals surface area contributed by atoms with E-state index in [1.807, 2.05) is 19.0 Å². The second-order valence-electron chi connectivity index (χ2n) is 24.1. The fourth-order valence-electron chi connectivity index (χ4n) is 9.64. The van der Waals surface area contributed by atoms with Gasteiger partial charge in [-0.25, -0.2) is 0 Å². The van der Waals surface area contributed by atoms with Gasteiger partial charge in [0.1, 0.15) is 11.4 Å². The highest BCUT2D eigenvalue weighted by atomic mass is 16.5. The van der Waals surface area contributed by atoms with Gasteiger partial charge in [0, 0.05) is 60.7 Å². The number of nitrogens with two attached hydrogens (primary N) is 2. The summed E-state index contributed by atoms with van der Waals surface area (Å²) in [6.07, 6.45) is 18.6. The van der Waals surface area contributed by atoms with Crippen molar-refractivity contribution in [1.29, 1.82) is 0 Å². The number of nitrogens with zero attached hydrogens (tertiary/aromatic N) is 5. The number of hydrogen-bond donors (Lipinski definition) is 4. The Morgan fingerprint density at radius 2 is 0.953 bits per heavy atom. The lowest BCUT2D eigenvalue weighted by atomic mass is 9.76. The van der Waals surface area contributed by atoms with E-state index in [0.717, 1.165) is 80.4 Å². The number of carbonyl (C=O) groups is 4. The molecule has 484 valence electrons. The van der Waals surface area contributed by atoms with Crippen LogP contribution in [0.15, 0.2) is 68.9 Å². The number of allylic oxidation sites excluding steroid dienone is 2. The third-order valence-electron chi connectivity index (χ3n) is 16.5. The van der Waals surface area contributed by atoms with E-state index in [4.69, 9.17) is 16.2 Å². The lowest BCUT2D eigenvalue weighted by Gasteiger charge is -2.40. The SMILES string of the molecule is CC(=O)CN=C1CCC/C1=C(/N)C(=O)N1CCC(O)(CN(C)C)CC1.CC(=O)CN=C1CCC/C1=C(/N)C(=O)N1CCC2(CC1)COCC2O.CCCC.CCCC.CCCC.CCCC.CCc1cccc(C)c1C.Cc1cccc(C)c1C. The van der Waals surface area contributed by atoms with Crippen LogP contribution in [0.3, 0.4) is 0 Å². The van der Waals surface area contributed by atoms with Gasteiger partial charge in [-0.2, -0.15) is 0 Å². The number of ether oxygens (including phenoxy) is 1. The molecule has 14 nitrogen and oxygen atoms in total. The quantitative estimate of drug-likeness (QED) is 0.140. The van der Waals surface area contributed by atoms with Crippen molar-refractivity contribution in [2.75, 3.05) is 73.1 Å². The molecule has 1 atom stereocenters. The van der Waals surface area contributed by atoms with E-state index in [9.17, 15) is 29.4 Å². The number of ketones is 2. The molecule has 2 aromatic rings. The normalized spacial score (nSPS) is 19.3. The number of unbranched alkanes of at least 4 members (excludes halogenated alkanes) is 4. The van der Waals surface area contributed by atoms with Gasteiger partial charge < -0.3 is 41.1 Å². The Morgan fingerprint density at radius 3 is 1.26 bits per heavy atom. The van der Waals surface area contributed by atoms with Crippen molar-refractivity contribution in [3.63, 3.8) is 0 Å². The van der Waals surface area contributed by atoms with Crippen molar-refractivity contribution in [2.24, 2.45) is 26.9 Å². The first kappa shape index (κ1) is 80.0. The summed E-state index contributed by atoms with van der Waals surface area (Å²) in [5, 5.41) is 20.7. The molecule has 0 bridgehead atoms. The predicted octanol–water partition coefficient (Wildman–Crippen LogP) is 13.4. The molecule has 2 saturated carbocycles. The number of aliphatic imine (C=N–C) groups is 2. The van der Waals surface area contributed by atoms with E-state index >= 15 is 0 Å². The molecule has 1 unspecified atom stereocenters. The zero-order valence-corrected chi connectivity index (χ0v) is 57.2. The highest BCUT2D eigenvalue weighted by molar-refractivity contribution is 6.10. The van der Waals surface area contributed by atoms with Crippen LogP contribution in [0.25, 0.3) is 0 Å². The van der Waals surface area contributed by atoms with Crippen molar-refractivity contribution in [1.82, 2.24) is 14.7 Å². The Balaban J connectivity index is 0.00000108. The summed E-state index contributed by atoms with van der Waals surface area (Å²) in [7, 11) is 3.86. The minimum Gasteiger partial charge on any atom is -0.394 e. The van der Waals surface area contributed by atoms with Crippen LogP contribution in [0.4, 0.5) is 0 Å². The number of carbonyl (C=O) groups excluding carboxylic acids is 4. The molecule has 1 spiro atoms. The van der Waals surface area contributed by atoms with Crippen LogP contribution in [-0.4, -0.2) is 145 Å². The van der Waals surface area contributed by atoms with E-state index in [1.54, 1.807) is 9.80 Å². The Hall–Kier alpha value is -5.02. The summed E-state index contributed by atoms with van der Waals surface area (Å²) < 4.78 is 5.40. The van der Waals surface area contributed by atoms with Crippen molar-refractivity contribution in [3.05, 3.63) is 92.3 Å². The molecule has 6 N–H and O–H groups in total. The Morgan fingerprint density at radius 1 is 0.588 bits per heavy atom. The molecule has 2 amide bonds. The predicted molar refractivity (Wildman–Crippen MR) is 359 cm³/mol. The standard InChI is InChI=1S/C18H30N4O3.C18H27N3O4.C10H14.C9H12.4C4H10/c1-13(23)11-20-15-6-4-5-14(15)16(19)17(24)22-9-7-18(25,8-10-22)12-21(2)3;1-12(22)9-20-14-4-2-3-13(14)16(19)17(24)21-7-5-18(6-8-21)11-25-10-15(18)23;1-4-10-7-5-6-8(2)9(10)3;1-7-5-4-6-8(2)9(7)3;4*1-3-4-2/h25H,4-12,19H2,1-3H3;15,23H,2-11,19H2,1H3;5-7H,4H2,1-3H3;4-6H,1-3H3;4*3-4H2,1-2H3/b16-14-,20-15?;16-13-,20-14?;;;;;;. The molecule has 0 radical (unpaired) electrons. The number of rotatable bonds is 13. The van der Waals surface area contributed by atoms with Gasteiger partial charge in [-0.15, -0.1) is 0 Å². The summed E-state index contributed by atoms with van der Waals surface area (Å²) >= 11 is 0. The molecule has 3 aliphatic heterocycles. The van der Waals surface area contributed by atoms with Gasteiger partial charge in [0.15, 0.2) is 11.6 Å². The van der Waals surface area contributed by atoms with Crippen LogP contribution in [0, 0.1) is 40.0 Å². The number of amides is 2. The smallest absolute Gasteiger partial charge is 0.270 e. The fraction of sp³-hybridized carbons (Fsp3) is 0.690. The minimum atomic E-state index is -0.746. The van der Waals surface area contributed by atoms with E-state index in [2.05, 4.69) is 143 Å². The van der Waals surface area contributed by atoms with Gasteiger partial charge in [-0.1, -0.05) is 150 Å². The number of Topliss-reactive ketones (excluding diaryl/α,β-unsaturated/α-hetero) is 2. The fourth-order valence-corrected chi connectivity index (χ4v) is 9.64. The first-order chi connectivity index (χ1) is 40.3. The molecule has 0 aromatic heterocycles. The molecular formula is C71H123N7O7. The van der Waals surface area contributed by atoms with Crippen molar-refractivity contribution in [2.45, 2.75) is 244 Å². The second-order valence-corrected chi connectivity index (χ2v) is 24.1. The lowest BCUT2D eigenvalue weighted by molar-refractivity contribution is -0.132. The number of piperidine rings is 2. The van der Waals surface area contributed by atoms with Crippen LogP contribution in [0.1, 0.15) is 225 Å². The maximum absolute atomic E-state index is 12.8. The van der Waals surface area contributed by atoms with Gasteiger partial charge in [0.2, 0.25) is 0 Å². The van der Waals surface area contributed by atoms with Crippen molar-refractivity contribution >= 4 is 34.8 Å². The molecule has 2 aliphatic carbocycles. The van der Waals surface area contributed by atoms with E-state index in [-0.39, 0.29) is 53.3 Å². The third-order valence-corrected chi connectivity index (χ3v) is 16.5. The summed E-state index contributed by atoms with van der Waals surface area (Å²) in [4.78, 5) is 61.9. The molecule has 3 saturated heterocycles. The van der Waals surface area contributed by atoms with E-state index < -0.39 is 11.7 Å². The van der Waals surface area contributed by atoms with Gasteiger partial charge in [-0.3, -0.25) is 29.2 Å². The number of likely N-dealkylation sites (tertiary alicyclic amines) is 2. The second kappa shape index (κ2) is 44.4. The first-order valence-electron chi connectivity index (χ1n) is 32.6. The maximum atomic E-state index is 12.8. The van der Waals surface area contributed by atoms with Crippen LogP contribution in [0.5, 0.6) is 0 Å². The van der Waals surface area contributed by atoms with E-state index in [0.29, 0.717) is 58.8 Å². The highest BCUT2D eigenvalue weighted by Gasteiger charge is 2.46. The molecule has 14 heteroatoms. The molecule has 5 fully saturated rings. The van der Waals surface area contributed by atoms with Gasteiger partial charge in [-0.05, 0) is 167 Å². The molecule has 7 rings (SSSR count). The van der Waals surface area contributed by atoms with Crippen molar-refractivity contribution < 1.29 is 34.1 Å². The van der Waals surface area contributed by atoms with Gasteiger partial charge in [0.05, 0.1) is 38.0 Å². The Bertz CT molecular complexity index is 2340. The van der Waals surface area contributed by atoms with E-state index in [1.165, 1.54) is 98.6 Å². The number of hydrogen-bond acceptors (Lipinski definition) is 12. The number of aryl methyl sites for hydroxylation is 4. The maximum Gasteiger partial charge on any atom is 0.270 e.